The number of aryl methyl sites for hydroxylation is 1. The van der Waals surface area contributed by atoms with Crippen LogP contribution in [-0.2, 0) is 16.8 Å². The van der Waals surface area contributed by atoms with Gasteiger partial charge < -0.3 is 14.1 Å². The zero-order valence-corrected chi connectivity index (χ0v) is 20.7. The van der Waals surface area contributed by atoms with E-state index in [0.29, 0.717) is 24.5 Å². The Kier molecular flexibility index (Phi) is 6.29. The van der Waals surface area contributed by atoms with Crippen LogP contribution in [0.5, 0.6) is 0 Å². The lowest BCUT2D eigenvalue weighted by Crippen LogP contribution is -2.40. The summed E-state index contributed by atoms with van der Waals surface area (Å²) >= 11 is 0. The third-order valence-corrected chi connectivity index (χ3v) is 6.46. The van der Waals surface area contributed by atoms with Crippen LogP contribution in [0.25, 0.3) is 10.9 Å². The quantitative estimate of drug-likeness (QED) is 0.431. The predicted molar refractivity (Wildman–Crippen MR) is 132 cm³/mol. The van der Waals surface area contributed by atoms with Crippen molar-refractivity contribution >= 4 is 10.9 Å². The molecule has 0 radical (unpaired) electrons. The molecule has 184 valence electrons. The second kappa shape index (κ2) is 9.39. The van der Waals surface area contributed by atoms with Gasteiger partial charge in [0.1, 0.15) is 11.8 Å². The van der Waals surface area contributed by atoms with Crippen LogP contribution in [0.15, 0.2) is 51.9 Å². The molecule has 1 aromatic carbocycles. The summed E-state index contributed by atoms with van der Waals surface area (Å²) in [4.78, 5) is 18.8. The molecule has 0 bridgehead atoms. The molecule has 0 saturated carbocycles. The smallest absolute Gasteiger partial charge is 0.253 e. The minimum atomic E-state index is -0.507. The van der Waals surface area contributed by atoms with Crippen molar-refractivity contribution in [3.63, 3.8) is 0 Å². The van der Waals surface area contributed by atoms with Gasteiger partial charge in [-0.3, -0.25) is 9.69 Å². The topological polar surface area (TPSA) is 102 Å². The number of pyridine rings is 1. The van der Waals surface area contributed by atoms with Gasteiger partial charge in [0.25, 0.3) is 5.56 Å². The number of H-pyrrole nitrogens is 1. The van der Waals surface area contributed by atoms with E-state index in [1.807, 2.05) is 41.9 Å². The summed E-state index contributed by atoms with van der Waals surface area (Å²) in [7, 11) is 0. The van der Waals surface area contributed by atoms with Gasteiger partial charge in [-0.05, 0) is 86.7 Å². The number of hydrogen-bond donors (Lipinski definition) is 1. The van der Waals surface area contributed by atoms with E-state index in [2.05, 4.69) is 52.2 Å². The van der Waals surface area contributed by atoms with Crippen molar-refractivity contribution in [1.82, 2.24) is 30.1 Å². The number of tetrazole rings is 1. The fourth-order valence-electron chi connectivity index (χ4n) is 4.80. The lowest BCUT2D eigenvalue weighted by atomic mass is 10.0. The summed E-state index contributed by atoms with van der Waals surface area (Å²) in [5, 5.41) is 13.8. The van der Waals surface area contributed by atoms with Crippen LogP contribution in [0.2, 0.25) is 0 Å². The summed E-state index contributed by atoms with van der Waals surface area (Å²) in [5.74, 6) is 1.41. The SMILES string of the molecule is Cc1ccc2[nH]c(=O)c([C@H](c3nnnn3C(C)(C)C)N(Cc3ccco3)C[C@@H]3CCCO3)cc2c1. The molecular weight excluding hydrogens is 444 g/mol. The number of furan rings is 1. The molecule has 9 heteroatoms. The van der Waals surface area contributed by atoms with Gasteiger partial charge in [0, 0.05) is 24.2 Å². The Labute approximate surface area is 204 Å². The standard InChI is InChI=1S/C26H32N6O3/c1-17-9-10-22-18(13-17)14-21(25(33)27-22)23(24-28-29-30-32(24)26(2,3)4)31(15-19-7-5-11-34-19)16-20-8-6-12-35-20/h5,7,9-11,13-14,20,23H,6,8,12,15-16H2,1-4H3,(H,27,33)/t20-,23+/m0/s1. The van der Waals surface area contributed by atoms with Crippen LogP contribution >= 0.6 is 0 Å². The van der Waals surface area contributed by atoms with Gasteiger partial charge in [-0.15, -0.1) is 5.10 Å². The molecule has 4 aromatic rings. The van der Waals surface area contributed by atoms with Gasteiger partial charge in [-0.2, -0.15) is 0 Å². The summed E-state index contributed by atoms with van der Waals surface area (Å²) in [5.41, 5.74) is 1.98. The predicted octanol–water partition coefficient (Wildman–Crippen LogP) is 3.94. The maximum atomic E-state index is 13.5. The lowest BCUT2D eigenvalue weighted by Gasteiger charge is -2.33. The number of aromatic nitrogens is 5. The maximum absolute atomic E-state index is 13.5. The van der Waals surface area contributed by atoms with E-state index < -0.39 is 6.04 Å². The average Bonchev–Trinajstić information content (AvgIpc) is 3.57. The molecular formula is C26H32N6O3. The van der Waals surface area contributed by atoms with E-state index in [9.17, 15) is 4.79 Å². The number of benzene rings is 1. The summed E-state index contributed by atoms with van der Waals surface area (Å²) in [6.07, 6.45) is 3.73. The highest BCUT2D eigenvalue weighted by Gasteiger charge is 2.35. The molecule has 1 N–H and O–H groups in total. The molecule has 0 amide bonds. The molecule has 0 spiro atoms. The molecule has 4 heterocycles. The fraction of sp³-hybridized carbons (Fsp3) is 0.462. The molecule has 2 atom stereocenters. The van der Waals surface area contributed by atoms with Crippen LogP contribution in [0.4, 0.5) is 0 Å². The maximum Gasteiger partial charge on any atom is 0.253 e. The van der Waals surface area contributed by atoms with Crippen molar-refractivity contribution in [3.8, 4) is 0 Å². The highest BCUT2D eigenvalue weighted by atomic mass is 16.5. The van der Waals surface area contributed by atoms with Crippen LogP contribution in [-0.4, -0.2) is 49.3 Å². The third-order valence-electron chi connectivity index (χ3n) is 6.46. The second-order valence-electron chi connectivity index (χ2n) is 10.3. The number of rotatable bonds is 7. The highest BCUT2D eigenvalue weighted by Crippen LogP contribution is 2.32. The minimum Gasteiger partial charge on any atom is -0.468 e. The normalized spacial score (nSPS) is 17.5. The molecule has 5 rings (SSSR count). The average molecular weight is 477 g/mol. The molecule has 3 aromatic heterocycles. The van der Waals surface area contributed by atoms with Crippen molar-refractivity contribution in [2.75, 3.05) is 13.2 Å². The van der Waals surface area contributed by atoms with Gasteiger partial charge in [0.05, 0.1) is 24.5 Å². The molecule has 35 heavy (non-hydrogen) atoms. The molecule has 0 unspecified atom stereocenters. The Hall–Kier alpha value is -3.30. The Morgan fingerprint density at radius 2 is 2.11 bits per heavy atom. The zero-order valence-electron chi connectivity index (χ0n) is 20.7. The summed E-state index contributed by atoms with van der Waals surface area (Å²) < 4.78 is 13.5. The number of nitrogens with zero attached hydrogens (tertiary/aromatic N) is 5. The van der Waals surface area contributed by atoms with E-state index in [0.717, 1.165) is 41.7 Å². The number of aromatic amines is 1. The van der Waals surface area contributed by atoms with Gasteiger partial charge in [0.15, 0.2) is 5.82 Å². The Morgan fingerprint density at radius 3 is 2.83 bits per heavy atom. The fourth-order valence-corrected chi connectivity index (χ4v) is 4.80. The van der Waals surface area contributed by atoms with Crippen LogP contribution < -0.4 is 5.56 Å². The Morgan fingerprint density at radius 1 is 1.26 bits per heavy atom. The van der Waals surface area contributed by atoms with Crippen molar-refractivity contribution in [2.45, 2.75) is 64.8 Å². The first-order valence-corrected chi connectivity index (χ1v) is 12.1. The molecule has 1 fully saturated rings. The first kappa shape index (κ1) is 23.4. The van der Waals surface area contributed by atoms with Gasteiger partial charge in [0.2, 0.25) is 0 Å². The third kappa shape index (κ3) is 4.92. The Balaban J connectivity index is 1.69. The van der Waals surface area contributed by atoms with Crippen molar-refractivity contribution < 1.29 is 9.15 Å². The zero-order chi connectivity index (χ0) is 24.6. The minimum absolute atomic E-state index is 0.0632. The summed E-state index contributed by atoms with van der Waals surface area (Å²) in [6, 6.07) is 11.3. The van der Waals surface area contributed by atoms with Crippen molar-refractivity contribution in [2.24, 2.45) is 0 Å². The van der Waals surface area contributed by atoms with Crippen molar-refractivity contribution in [1.29, 1.82) is 0 Å². The highest BCUT2D eigenvalue weighted by molar-refractivity contribution is 5.79. The van der Waals surface area contributed by atoms with E-state index >= 15 is 0 Å². The van der Waals surface area contributed by atoms with E-state index in [4.69, 9.17) is 9.15 Å². The monoisotopic (exact) mass is 476 g/mol. The number of fused-ring (bicyclic) bond motifs is 1. The number of hydrogen-bond acceptors (Lipinski definition) is 7. The largest absolute Gasteiger partial charge is 0.468 e. The molecule has 1 aliphatic rings. The summed E-state index contributed by atoms with van der Waals surface area (Å²) in [6.45, 7) is 10.0. The molecule has 1 saturated heterocycles. The molecule has 0 aliphatic carbocycles. The lowest BCUT2D eigenvalue weighted by molar-refractivity contribution is 0.0536. The van der Waals surface area contributed by atoms with Crippen LogP contribution in [0.3, 0.4) is 0 Å². The van der Waals surface area contributed by atoms with Gasteiger partial charge in [-0.25, -0.2) is 4.68 Å². The van der Waals surface area contributed by atoms with E-state index in [1.54, 1.807) is 6.26 Å². The molecule has 9 nitrogen and oxygen atoms in total. The Bertz CT molecular complexity index is 1350. The number of nitrogens with one attached hydrogen (secondary N) is 1. The van der Waals surface area contributed by atoms with Crippen LogP contribution in [0, 0.1) is 6.92 Å². The van der Waals surface area contributed by atoms with Crippen LogP contribution in [0.1, 0.15) is 62.4 Å². The van der Waals surface area contributed by atoms with E-state index in [1.165, 1.54) is 0 Å². The van der Waals surface area contributed by atoms with Gasteiger partial charge in [-0.1, -0.05) is 11.6 Å². The van der Waals surface area contributed by atoms with E-state index in [-0.39, 0.29) is 17.2 Å². The first-order chi connectivity index (χ1) is 16.8. The van der Waals surface area contributed by atoms with Crippen molar-refractivity contribution in [3.05, 3.63) is 75.7 Å². The first-order valence-electron chi connectivity index (χ1n) is 12.1. The molecule has 1 aliphatic heterocycles. The number of ether oxygens (including phenoxy) is 1. The van der Waals surface area contributed by atoms with Gasteiger partial charge >= 0.3 is 0 Å². The second-order valence-corrected chi connectivity index (χ2v) is 10.3.